The molecule has 0 unspecified atom stereocenters. The smallest absolute Gasteiger partial charge is 0.138 e. The summed E-state index contributed by atoms with van der Waals surface area (Å²) in [7, 11) is 0. The van der Waals surface area contributed by atoms with E-state index in [2.05, 4.69) is 197 Å². The normalized spacial score (nSPS) is 11.1. The number of benzene rings is 7. The number of hydrogen-bond acceptors (Lipinski definition) is 2. The van der Waals surface area contributed by atoms with Crippen LogP contribution >= 0.6 is 11.3 Å². The van der Waals surface area contributed by atoms with Gasteiger partial charge in [-0.25, -0.2) is 0 Å². The lowest BCUT2D eigenvalue weighted by Gasteiger charge is -2.13. The van der Waals surface area contributed by atoms with Crippen molar-refractivity contribution in [3.63, 3.8) is 0 Å². The molecule has 7 aromatic carbocycles. The summed E-state index contributed by atoms with van der Waals surface area (Å²) in [5, 5.41) is 8.10. The van der Waals surface area contributed by atoms with Crippen LogP contribution in [0.15, 0.2) is 83.3 Å². The minimum Gasteiger partial charge on any atom is -0.455 e. The lowest BCUT2D eigenvalue weighted by Crippen LogP contribution is -1.92. The summed E-state index contributed by atoms with van der Waals surface area (Å²) in [6.45, 7) is 37.1. The van der Waals surface area contributed by atoms with Gasteiger partial charge >= 0.3 is 0 Å². The Morgan fingerprint density at radius 3 is 1.05 bits per heavy atom. The van der Waals surface area contributed by atoms with Crippen LogP contribution in [0.1, 0.15) is 94.6 Å². The fourth-order valence-electron chi connectivity index (χ4n) is 8.11. The van der Waals surface area contributed by atoms with Gasteiger partial charge in [0.15, 0.2) is 0 Å². The van der Waals surface area contributed by atoms with Crippen molar-refractivity contribution in [3.8, 4) is 0 Å². The van der Waals surface area contributed by atoms with E-state index in [4.69, 9.17) is 4.42 Å². The van der Waals surface area contributed by atoms with Crippen molar-refractivity contribution in [2.75, 3.05) is 0 Å². The molecule has 0 bridgehead atoms. The molecule has 0 saturated heterocycles. The number of hydrogen-bond donors (Lipinski definition) is 0. The summed E-state index contributed by atoms with van der Waals surface area (Å²) >= 11 is 1.94. The molecule has 0 saturated carbocycles. The van der Waals surface area contributed by atoms with E-state index in [-0.39, 0.29) is 0 Å². The maximum Gasteiger partial charge on any atom is 0.138 e. The lowest BCUT2D eigenvalue weighted by molar-refractivity contribution is 0.661. The molecular formula is C57H64OS. The zero-order chi connectivity index (χ0) is 43.2. The molecule has 2 aromatic heterocycles. The molecule has 0 aliphatic rings. The predicted octanol–water partition coefficient (Wildman–Crippen LogP) is 17.4. The van der Waals surface area contributed by atoms with Gasteiger partial charge in [-0.15, -0.1) is 11.3 Å². The first-order valence-corrected chi connectivity index (χ1v) is 21.9. The van der Waals surface area contributed by atoms with Gasteiger partial charge in [0.1, 0.15) is 11.2 Å². The molecule has 2 heterocycles. The van der Waals surface area contributed by atoms with Crippen LogP contribution in [0.4, 0.5) is 0 Å². The van der Waals surface area contributed by atoms with Crippen LogP contribution in [0.3, 0.4) is 0 Å². The number of thiophene rings is 1. The molecule has 0 spiro atoms. The molecule has 0 fully saturated rings. The molecule has 0 aliphatic carbocycles. The third kappa shape index (κ3) is 8.22. The summed E-state index contributed by atoms with van der Waals surface area (Å²) in [5.41, 5.74) is 25.5. The van der Waals surface area contributed by atoms with Crippen molar-refractivity contribution in [1.82, 2.24) is 0 Å². The Hall–Kier alpha value is -5.18. The van der Waals surface area contributed by atoms with Crippen molar-refractivity contribution in [1.29, 1.82) is 0 Å². The maximum absolute atomic E-state index is 6.08. The molecule has 0 amide bonds. The van der Waals surface area contributed by atoms with E-state index < -0.39 is 0 Å². The lowest BCUT2D eigenvalue weighted by atomic mass is 9.92. The summed E-state index contributed by atoms with van der Waals surface area (Å²) in [4.78, 5) is 0. The van der Waals surface area contributed by atoms with Gasteiger partial charge in [0, 0.05) is 30.9 Å². The Morgan fingerprint density at radius 2 is 0.610 bits per heavy atom. The molecule has 0 atom stereocenters. The van der Waals surface area contributed by atoms with Gasteiger partial charge in [-0.1, -0.05) is 78.9 Å². The van der Waals surface area contributed by atoms with Gasteiger partial charge in [-0.3, -0.25) is 0 Å². The van der Waals surface area contributed by atoms with Gasteiger partial charge in [-0.2, -0.15) is 0 Å². The highest BCUT2D eigenvalue weighted by Crippen LogP contribution is 2.39. The molecule has 59 heavy (non-hydrogen) atoms. The van der Waals surface area contributed by atoms with E-state index in [1.807, 2.05) is 11.3 Å². The molecule has 304 valence electrons. The molecule has 0 N–H and O–H groups in total. The van der Waals surface area contributed by atoms with Crippen molar-refractivity contribution in [2.45, 2.75) is 118 Å². The van der Waals surface area contributed by atoms with Crippen LogP contribution in [-0.2, 0) is 0 Å². The highest BCUT2D eigenvalue weighted by Gasteiger charge is 2.14. The predicted molar refractivity (Wildman–Crippen MR) is 264 cm³/mol. The van der Waals surface area contributed by atoms with Crippen molar-refractivity contribution < 1.29 is 4.42 Å². The van der Waals surface area contributed by atoms with Crippen LogP contribution in [0.25, 0.3) is 52.9 Å². The fourth-order valence-corrected chi connectivity index (χ4v) is 9.52. The Labute approximate surface area is 358 Å². The fraction of sp³-hybridized carbons (Fsp3) is 0.298. The monoisotopic (exact) mass is 796 g/mol. The number of aryl methyl sites for hydroxylation is 14. The van der Waals surface area contributed by atoms with Gasteiger partial charge in [-0.05, 0) is 223 Å². The molecule has 2 heteroatoms. The van der Waals surface area contributed by atoms with Gasteiger partial charge < -0.3 is 4.42 Å². The number of fused-ring (bicyclic) bond motifs is 7. The Kier molecular flexibility index (Phi) is 12.6. The summed E-state index contributed by atoms with van der Waals surface area (Å²) in [6.07, 6.45) is 0. The molecule has 9 aromatic rings. The topological polar surface area (TPSA) is 13.1 Å². The van der Waals surface area contributed by atoms with E-state index in [1.165, 1.54) is 136 Å². The third-order valence-corrected chi connectivity index (χ3v) is 15.2. The van der Waals surface area contributed by atoms with Crippen molar-refractivity contribution in [3.05, 3.63) is 173 Å². The third-order valence-electron chi connectivity index (χ3n) is 13.7. The van der Waals surface area contributed by atoms with E-state index >= 15 is 0 Å². The first-order valence-electron chi connectivity index (χ1n) is 21.1. The highest BCUT2D eigenvalue weighted by molar-refractivity contribution is 7.26. The second-order valence-electron chi connectivity index (χ2n) is 17.2. The van der Waals surface area contributed by atoms with Gasteiger partial charge in [0.2, 0.25) is 0 Å². The first-order chi connectivity index (χ1) is 27.8. The first kappa shape index (κ1) is 43.4. The van der Waals surface area contributed by atoms with E-state index in [1.54, 1.807) is 0 Å². The second kappa shape index (κ2) is 17.2. The van der Waals surface area contributed by atoms with Crippen LogP contribution in [-0.4, -0.2) is 0 Å². The number of rotatable bonds is 0. The van der Waals surface area contributed by atoms with Gasteiger partial charge in [0.05, 0.1) is 0 Å². The average molecular weight is 797 g/mol. The van der Waals surface area contributed by atoms with Crippen LogP contribution in [0, 0.1) is 118 Å². The van der Waals surface area contributed by atoms with Gasteiger partial charge in [0.25, 0.3) is 0 Å². The molecule has 0 radical (unpaired) electrons. The molecule has 0 aliphatic heterocycles. The zero-order valence-corrected chi connectivity index (χ0v) is 39.6. The van der Waals surface area contributed by atoms with E-state index in [0.29, 0.717) is 0 Å². The SMILES string of the molecule is Cc1cc2ccc(C)c(C)c2c(C)c1C.Cc1ccc(C)c(C)c1C.Cc1ccc2c(oc3c(C)c(C)ccc32)c1C.Cc1ccc2c(sc3c(C)c(C)ccc32)c1C. The minimum absolute atomic E-state index is 1.04. The van der Waals surface area contributed by atoms with Crippen LogP contribution in [0.2, 0.25) is 0 Å². The quantitative estimate of drug-likeness (QED) is 0.149. The molecule has 1 nitrogen and oxygen atoms in total. The summed E-state index contributed by atoms with van der Waals surface area (Å²) in [6, 6.07) is 28.8. The summed E-state index contributed by atoms with van der Waals surface area (Å²) < 4.78 is 8.98. The number of furan rings is 1. The minimum atomic E-state index is 1.04. The second-order valence-corrected chi connectivity index (χ2v) is 18.3. The maximum atomic E-state index is 6.08. The Bertz CT molecular complexity index is 2770. The Balaban J connectivity index is 0.000000135. The molecular weight excluding hydrogens is 733 g/mol. The average Bonchev–Trinajstić information content (AvgIpc) is 3.80. The largest absolute Gasteiger partial charge is 0.455 e. The summed E-state index contributed by atoms with van der Waals surface area (Å²) in [5.74, 6) is 0. The Morgan fingerprint density at radius 1 is 0.288 bits per heavy atom. The van der Waals surface area contributed by atoms with Crippen LogP contribution < -0.4 is 0 Å². The van der Waals surface area contributed by atoms with Crippen molar-refractivity contribution in [2.24, 2.45) is 0 Å². The van der Waals surface area contributed by atoms with Crippen molar-refractivity contribution >= 4 is 64.2 Å². The van der Waals surface area contributed by atoms with E-state index in [9.17, 15) is 0 Å². The van der Waals surface area contributed by atoms with E-state index in [0.717, 1.165) is 11.2 Å². The van der Waals surface area contributed by atoms with Crippen LogP contribution in [0.5, 0.6) is 0 Å². The zero-order valence-electron chi connectivity index (χ0n) is 38.8. The highest BCUT2D eigenvalue weighted by atomic mass is 32.1. The molecule has 9 rings (SSSR count). The standard InChI is InChI=1S/C16H16O.C16H16S.C15H18.C10H14/c2*1-9-5-7-13-14-8-6-10(2)12(4)16(14)17-15(13)11(9)3;1-9-6-7-14-8-10(2)11(3)13(5)15(14)12(9)4;1-7-5-6-8(2)10(4)9(7)3/h2*5-8H,1-4H3;6-8H,1-5H3;5-6H,1-4H3.